The number of carbonyl (C=O) groups excluding carboxylic acids is 1. The number of rotatable bonds is 55. The molecule has 0 saturated carbocycles. The van der Waals surface area contributed by atoms with Crippen LogP contribution in [0.4, 0.5) is 0 Å². The van der Waals surface area contributed by atoms with E-state index in [0.29, 0.717) is 19.3 Å². The average molecular weight is 1060 g/mol. The maximum absolute atomic E-state index is 13.2. The van der Waals surface area contributed by atoms with Gasteiger partial charge in [-0.3, -0.25) is 4.79 Å². The van der Waals surface area contributed by atoms with E-state index in [0.717, 1.165) is 38.5 Å². The maximum Gasteiger partial charge on any atom is 0.249 e. The van der Waals surface area contributed by atoms with Gasteiger partial charge in [-0.15, -0.1) is 0 Å². The SMILES string of the molecule is CCCCCCC/C=C/CC/C=C/CCCC(O)C(O)C(COC1OC(CO)C(O)C(O)C1O)NC(=O)C(O)CCCCCCCCCCCCCCCCCC/C=C\CCCCCCCCCCCCCCCC. The van der Waals surface area contributed by atoms with Gasteiger partial charge in [0.2, 0.25) is 5.91 Å². The van der Waals surface area contributed by atoms with Gasteiger partial charge in [0.25, 0.3) is 0 Å². The van der Waals surface area contributed by atoms with Crippen LogP contribution in [0.25, 0.3) is 0 Å². The van der Waals surface area contributed by atoms with Gasteiger partial charge < -0.3 is 50.5 Å². The first-order valence-corrected chi connectivity index (χ1v) is 31.9. The molecule has 9 unspecified atom stereocenters. The van der Waals surface area contributed by atoms with Crippen LogP contribution in [0.15, 0.2) is 36.5 Å². The van der Waals surface area contributed by atoms with Gasteiger partial charge in [-0.1, -0.05) is 256 Å². The maximum atomic E-state index is 13.2. The van der Waals surface area contributed by atoms with E-state index in [-0.39, 0.29) is 12.8 Å². The van der Waals surface area contributed by atoms with Crippen molar-refractivity contribution >= 4 is 5.91 Å². The Morgan fingerprint density at radius 2 is 0.800 bits per heavy atom. The van der Waals surface area contributed by atoms with E-state index in [4.69, 9.17) is 9.47 Å². The topological polar surface area (TPSA) is 189 Å². The molecule has 11 nitrogen and oxygen atoms in total. The molecule has 1 amide bonds. The molecule has 0 aromatic carbocycles. The number of ether oxygens (including phenoxy) is 2. The Kier molecular flexibility index (Phi) is 50.4. The Labute approximate surface area is 460 Å². The highest BCUT2D eigenvalue weighted by Gasteiger charge is 2.44. The predicted molar refractivity (Wildman–Crippen MR) is 312 cm³/mol. The highest BCUT2D eigenvalue weighted by Crippen LogP contribution is 2.23. The molecule has 0 aliphatic carbocycles. The largest absolute Gasteiger partial charge is 0.394 e. The van der Waals surface area contributed by atoms with E-state index >= 15 is 0 Å². The summed E-state index contributed by atoms with van der Waals surface area (Å²) in [4.78, 5) is 13.2. The van der Waals surface area contributed by atoms with Crippen LogP contribution in [0.5, 0.6) is 0 Å². The second-order valence-corrected chi connectivity index (χ2v) is 22.5. The van der Waals surface area contributed by atoms with Gasteiger partial charge in [-0.25, -0.2) is 0 Å². The quantitative estimate of drug-likeness (QED) is 0.0215. The second kappa shape index (κ2) is 53.0. The standard InChI is InChI=1S/C64H121NO10/c1-3-5-7-9-11-13-15-17-19-20-21-22-23-24-25-26-27-28-29-30-31-32-33-34-35-36-37-38-40-42-44-46-48-50-52-57(68)63(73)65-55(54-74-64-62(72)61(71)60(70)58(53-66)75-64)59(69)56(67)51-49-47-45-43-41-39-18-16-14-12-10-8-6-4-2/h16,18,26-27,43,45,55-62,64,66-72H,3-15,17,19-25,28-42,44,46-54H2,1-2H3,(H,65,73)/b18-16+,27-26-,45-43+. The molecule has 0 spiro atoms. The fraction of sp³-hybridized carbons (Fsp3) is 0.891. The second-order valence-electron chi connectivity index (χ2n) is 22.5. The monoisotopic (exact) mass is 1060 g/mol. The van der Waals surface area contributed by atoms with Crippen LogP contribution in [0.2, 0.25) is 0 Å². The summed E-state index contributed by atoms with van der Waals surface area (Å²) < 4.78 is 11.1. The summed E-state index contributed by atoms with van der Waals surface area (Å²) in [6.07, 6.45) is 55.2. The van der Waals surface area contributed by atoms with Crippen LogP contribution in [-0.2, 0) is 14.3 Å². The van der Waals surface area contributed by atoms with E-state index in [9.17, 15) is 40.5 Å². The molecule has 1 aliphatic heterocycles. The van der Waals surface area contributed by atoms with Crippen molar-refractivity contribution in [2.75, 3.05) is 13.2 Å². The van der Waals surface area contributed by atoms with Gasteiger partial charge >= 0.3 is 0 Å². The van der Waals surface area contributed by atoms with Crippen LogP contribution in [0.3, 0.4) is 0 Å². The lowest BCUT2D eigenvalue weighted by Crippen LogP contribution is -2.60. The van der Waals surface area contributed by atoms with Crippen molar-refractivity contribution in [1.29, 1.82) is 0 Å². The van der Waals surface area contributed by atoms with Gasteiger partial charge in [0.1, 0.15) is 36.6 Å². The normalized spacial score (nSPS) is 19.9. The van der Waals surface area contributed by atoms with Crippen molar-refractivity contribution in [3.63, 3.8) is 0 Å². The van der Waals surface area contributed by atoms with Crippen molar-refractivity contribution < 1.29 is 50.0 Å². The first-order chi connectivity index (χ1) is 36.7. The lowest BCUT2D eigenvalue weighted by atomic mass is 9.98. The average Bonchev–Trinajstić information content (AvgIpc) is 3.41. The molecule has 0 aromatic heterocycles. The van der Waals surface area contributed by atoms with E-state index in [1.807, 2.05) is 0 Å². The van der Waals surface area contributed by atoms with Crippen molar-refractivity contribution in [3.8, 4) is 0 Å². The molecule has 0 radical (unpaired) electrons. The van der Waals surface area contributed by atoms with Crippen molar-refractivity contribution in [1.82, 2.24) is 5.32 Å². The Balaban J connectivity index is 2.17. The molecule has 1 aliphatic rings. The smallest absolute Gasteiger partial charge is 0.249 e. The molecule has 1 rings (SSSR count). The summed E-state index contributed by atoms with van der Waals surface area (Å²) in [6, 6.07) is -1.19. The van der Waals surface area contributed by atoms with Crippen molar-refractivity contribution in [2.45, 2.75) is 351 Å². The van der Waals surface area contributed by atoms with Crippen LogP contribution in [-0.4, -0.2) is 110 Å². The van der Waals surface area contributed by atoms with Crippen molar-refractivity contribution in [2.24, 2.45) is 0 Å². The number of nitrogens with one attached hydrogen (secondary N) is 1. The third-order valence-electron chi connectivity index (χ3n) is 15.4. The zero-order chi connectivity index (χ0) is 54.7. The summed E-state index contributed by atoms with van der Waals surface area (Å²) in [5.41, 5.74) is 0. The molecule has 1 fully saturated rings. The molecule has 9 atom stereocenters. The van der Waals surface area contributed by atoms with Gasteiger partial charge in [0.05, 0.1) is 25.4 Å². The lowest BCUT2D eigenvalue weighted by molar-refractivity contribution is -0.303. The highest BCUT2D eigenvalue weighted by atomic mass is 16.7. The third-order valence-corrected chi connectivity index (χ3v) is 15.4. The van der Waals surface area contributed by atoms with E-state index < -0.39 is 74.2 Å². The van der Waals surface area contributed by atoms with Crippen LogP contribution >= 0.6 is 0 Å². The first-order valence-electron chi connectivity index (χ1n) is 31.9. The number of amides is 1. The molecule has 1 heterocycles. The van der Waals surface area contributed by atoms with E-state index in [1.54, 1.807) is 0 Å². The van der Waals surface area contributed by atoms with Gasteiger partial charge in [-0.05, 0) is 77.0 Å². The summed E-state index contributed by atoms with van der Waals surface area (Å²) in [5.74, 6) is -0.708. The van der Waals surface area contributed by atoms with Crippen molar-refractivity contribution in [3.05, 3.63) is 36.5 Å². The van der Waals surface area contributed by atoms with E-state index in [1.165, 1.54) is 212 Å². The van der Waals surface area contributed by atoms with Crippen LogP contribution in [0.1, 0.15) is 296 Å². The fourth-order valence-electron chi connectivity index (χ4n) is 10.2. The molecular formula is C64H121NO10. The zero-order valence-electron chi connectivity index (χ0n) is 48.5. The zero-order valence-corrected chi connectivity index (χ0v) is 48.5. The summed E-state index contributed by atoms with van der Waals surface area (Å²) >= 11 is 0. The Hall–Kier alpha value is -1.67. The van der Waals surface area contributed by atoms with Gasteiger partial charge in [0, 0.05) is 0 Å². The number of hydrogen-bond acceptors (Lipinski definition) is 10. The molecule has 1 saturated heterocycles. The summed E-state index contributed by atoms with van der Waals surface area (Å²) in [7, 11) is 0. The third kappa shape index (κ3) is 41.1. The highest BCUT2D eigenvalue weighted by molar-refractivity contribution is 5.80. The van der Waals surface area contributed by atoms with Crippen LogP contribution in [0, 0.1) is 0 Å². The molecule has 8 N–H and O–H groups in total. The summed E-state index contributed by atoms with van der Waals surface area (Å²) in [6.45, 7) is 3.44. The molecule has 75 heavy (non-hydrogen) atoms. The van der Waals surface area contributed by atoms with Gasteiger partial charge in [-0.2, -0.15) is 0 Å². The molecule has 0 bridgehead atoms. The number of aliphatic hydroxyl groups excluding tert-OH is 7. The predicted octanol–water partition coefficient (Wildman–Crippen LogP) is 14.2. The Morgan fingerprint density at radius 1 is 0.453 bits per heavy atom. The minimum atomic E-state index is -1.67. The number of aliphatic hydroxyl groups is 7. The van der Waals surface area contributed by atoms with Crippen LogP contribution < -0.4 is 5.32 Å². The number of hydrogen-bond donors (Lipinski definition) is 8. The summed E-state index contributed by atoms with van der Waals surface area (Å²) in [5, 5.41) is 76.1. The number of carbonyl (C=O) groups is 1. The van der Waals surface area contributed by atoms with Gasteiger partial charge in [0.15, 0.2) is 6.29 Å². The number of unbranched alkanes of at least 4 members (excludes halogenated alkanes) is 37. The van der Waals surface area contributed by atoms with E-state index in [2.05, 4.69) is 55.6 Å². The lowest BCUT2D eigenvalue weighted by Gasteiger charge is -2.40. The Bertz CT molecular complexity index is 1310. The fourth-order valence-corrected chi connectivity index (χ4v) is 10.2. The molecular weight excluding hydrogens is 943 g/mol. The Morgan fingerprint density at radius 3 is 1.19 bits per heavy atom. The number of allylic oxidation sites excluding steroid dienone is 6. The minimum Gasteiger partial charge on any atom is -0.394 e. The molecule has 442 valence electrons. The molecule has 0 aromatic rings. The first kappa shape index (κ1) is 71.3. The molecule has 11 heteroatoms. The minimum absolute atomic E-state index is 0.247.